The number of carbonyl (C=O) groups is 1. The lowest BCUT2D eigenvalue weighted by molar-refractivity contribution is -0.122. The molecule has 0 saturated heterocycles. The summed E-state index contributed by atoms with van der Waals surface area (Å²) in [5, 5.41) is 7.09. The Morgan fingerprint density at radius 2 is 1.83 bits per heavy atom. The molecule has 0 bridgehead atoms. The van der Waals surface area contributed by atoms with E-state index in [4.69, 9.17) is 18.7 Å². The summed E-state index contributed by atoms with van der Waals surface area (Å²) in [7, 11) is 4.70. The minimum atomic E-state index is -0.303. The maximum absolute atomic E-state index is 12.6. The first kappa shape index (κ1) is 21.0. The lowest BCUT2D eigenvalue weighted by Gasteiger charge is -2.19. The third-order valence-corrected chi connectivity index (χ3v) is 5.01. The van der Waals surface area contributed by atoms with Gasteiger partial charge in [-0.2, -0.15) is 4.98 Å². The van der Waals surface area contributed by atoms with Crippen LogP contribution in [0.5, 0.6) is 17.2 Å². The molecule has 1 aliphatic carbocycles. The summed E-state index contributed by atoms with van der Waals surface area (Å²) in [4.78, 5) is 17.1. The molecule has 1 aromatic heterocycles. The van der Waals surface area contributed by atoms with E-state index < -0.39 is 0 Å². The molecular weight excluding hydrogens is 374 g/mol. The second-order valence-corrected chi connectivity index (χ2v) is 7.59. The minimum absolute atomic E-state index is 0.0800. The molecule has 0 spiro atoms. The van der Waals surface area contributed by atoms with Crippen LogP contribution < -0.4 is 19.5 Å². The summed E-state index contributed by atoms with van der Waals surface area (Å²) < 4.78 is 21.5. The molecule has 1 fully saturated rings. The average Bonchev–Trinajstić information content (AvgIpc) is 3.46. The number of nitrogens with zero attached hydrogens (tertiary/aromatic N) is 2. The molecule has 1 aliphatic rings. The van der Waals surface area contributed by atoms with Gasteiger partial charge in [0.2, 0.25) is 17.5 Å². The summed E-state index contributed by atoms with van der Waals surface area (Å²) in [5.74, 6) is 3.36. The van der Waals surface area contributed by atoms with Gasteiger partial charge in [-0.25, -0.2) is 0 Å². The molecule has 8 heteroatoms. The maximum atomic E-state index is 12.6. The molecule has 1 unspecified atom stereocenters. The van der Waals surface area contributed by atoms with E-state index in [0.29, 0.717) is 41.9 Å². The van der Waals surface area contributed by atoms with Gasteiger partial charge in [-0.3, -0.25) is 4.79 Å². The van der Waals surface area contributed by atoms with Gasteiger partial charge in [0, 0.05) is 12.3 Å². The Morgan fingerprint density at radius 1 is 1.17 bits per heavy atom. The van der Waals surface area contributed by atoms with Crippen LogP contribution in [0.15, 0.2) is 16.7 Å². The van der Waals surface area contributed by atoms with Gasteiger partial charge >= 0.3 is 0 Å². The largest absolute Gasteiger partial charge is 0.493 e. The fourth-order valence-electron chi connectivity index (χ4n) is 3.18. The van der Waals surface area contributed by atoms with Crippen molar-refractivity contribution >= 4 is 5.91 Å². The number of ether oxygens (including phenoxy) is 3. The van der Waals surface area contributed by atoms with Crippen molar-refractivity contribution in [2.24, 2.45) is 5.92 Å². The highest BCUT2D eigenvalue weighted by molar-refractivity contribution is 5.76. The zero-order chi connectivity index (χ0) is 21.0. The molecule has 0 radical (unpaired) electrons. The van der Waals surface area contributed by atoms with Crippen LogP contribution in [0.2, 0.25) is 0 Å². The summed E-state index contributed by atoms with van der Waals surface area (Å²) >= 11 is 0. The quantitative estimate of drug-likeness (QED) is 0.649. The second kappa shape index (κ2) is 9.15. The third kappa shape index (κ3) is 4.99. The zero-order valence-electron chi connectivity index (χ0n) is 17.7. The van der Waals surface area contributed by atoms with Crippen LogP contribution >= 0.6 is 0 Å². The van der Waals surface area contributed by atoms with Crippen molar-refractivity contribution in [3.8, 4) is 17.2 Å². The van der Waals surface area contributed by atoms with Gasteiger partial charge < -0.3 is 24.1 Å². The van der Waals surface area contributed by atoms with Crippen molar-refractivity contribution in [2.75, 3.05) is 21.3 Å². The van der Waals surface area contributed by atoms with Crippen molar-refractivity contribution in [1.82, 2.24) is 15.5 Å². The van der Waals surface area contributed by atoms with Crippen LogP contribution in [0, 0.1) is 5.92 Å². The van der Waals surface area contributed by atoms with Gasteiger partial charge in [0.1, 0.15) is 6.04 Å². The highest BCUT2D eigenvalue weighted by atomic mass is 16.5. The maximum Gasteiger partial charge on any atom is 0.249 e. The van der Waals surface area contributed by atoms with E-state index in [1.54, 1.807) is 21.3 Å². The van der Waals surface area contributed by atoms with E-state index in [9.17, 15) is 4.79 Å². The molecule has 158 valence electrons. The Labute approximate surface area is 170 Å². The van der Waals surface area contributed by atoms with Crippen LogP contribution in [-0.4, -0.2) is 37.4 Å². The highest BCUT2D eigenvalue weighted by Crippen LogP contribution is 2.39. The fraction of sp³-hybridized carbons (Fsp3) is 0.571. The monoisotopic (exact) mass is 403 g/mol. The van der Waals surface area contributed by atoms with Gasteiger partial charge in [0.15, 0.2) is 17.3 Å². The van der Waals surface area contributed by atoms with Gasteiger partial charge in [0.05, 0.1) is 21.3 Å². The Balaban J connectivity index is 1.64. The standard InChI is InChI=1S/C21H29N3O5/c1-12(2)18(21-23-20(24-29-21)14-7-8-14)22-17(25)9-6-13-10-15(26-3)19(28-5)16(11-13)27-4/h10-12,14,18H,6-9H2,1-5H3,(H,22,25). The molecule has 29 heavy (non-hydrogen) atoms. The van der Waals surface area contributed by atoms with Gasteiger partial charge in [0.25, 0.3) is 0 Å². The van der Waals surface area contributed by atoms with E-state index in [0.717, 1.165) is 24.2 Å². The van der Waals surface area contributed by atoms with Crippen LogP contribution in [0.1, 0.15) is 62.3 Å². The second-order valence-electron chi connectivity index (χ2n) is 7.59. The lowest BCUT2D eigenvalue weighted by atomic mass is 10.0. The Hall–Kier alpha value is -2.77. The molecule has 1 saturated carbocycles. The number of methoxy groups -OCH3 is 3. The van der Waals surface area contributed by atoms with Crippen molar-refractivity contribution in [3.63, 3.8) is 0 Å². The molecule has 1 N–H and O–H groups in total. The third-order valence-electron chi connectivity index (χ3n) is 5.01. The molecule has 1 amide bonds. The number of carbonyl (C=O) groups excluding carboxylic acids is 1. The van der Waals surface area contributed by atoms with E-state index in [1.807, 2.05) is 26.0 Å². The summed E-state index contributed by atoms with van der Waals surface area (Å²) in [6.07, 6.45) is 3.05. The SMILES string of the molecule is COc1cc(CCC(=O)NC(c2nc(C3CC3)no2)C(C)C)cc(OC)c1OC. The molecule has 0 aliphatic heterocycles. The Kier molecular flexibility index (Phi) is 6.61. The van der Waals surface area contributed by atoms with Crippen LogP contribution in [-0.2, 0) is 11.2 Å². The number of nitrogens with one attached hydrogen (secondary N) is 1. The van der Waals surface area contributed by atoms with Crippen molar-refractivity contribution in [1.29, 1.82) is 0 Å². The predicted molar refractivity (Wildman–Crippen MR) is 106 cm³/mol. The number of hydrogen-bond acceptors (Lipinski definition) is 7. The first-order chi connectivity index (χ1) is 14.0. The predicted octanol–water partition coefficient (Wildman–Crippen LogP) is 3.42. The minimum Gasteiger partial charge on any atom is -0.493 e. The topological polar surface area (TPSA) is 95.7 Å². The Bertz CT molecular complexity index is 820. The molecule has 1 heterocycles. The van der Waals surface area contributed by atoms with Crippen molar-refractivity contribution in [3.05, 3.63) is 29.4 Å². The molecular formula is C21H29N3O5. The summed E-state index contributed by atoms with van der Waals surface area (Å²) in [6, 6.07) is 3.41. The van der Waals surface area contributed by atoms with E-state index >= 15 is 0 Å². The summed E-state index contributed by atoms with van der Waals surface area (Å²) in [6.45, 7) is 4.04. The van der Waals surface area contributed by atoms with Crippen LogP contribution in [0.3, 0.4) is 0 Å². The number of rotatable bonds is 10. The number of amides is 1. The molecule has 1 atom stereocenters. The number of aromatic nitrogens is 2. The molecule has 8 nitrogen and oxygen atoms in total. The number of aryl methyl sites for hydroxylation is 1. The number of benzene rings is 1. The van der Waals surface area contributed by atoms with Crippen LogP contribution in [0.25, 0.3) is 0 Å². The summed E-state index contributed by atoms with van der Waals surface area (Å²) in [5.41, 5.74) is 0.921. The van der Waals surface area contributed by atoms with E-state index in [2.05, 4.69) is 15.5 Å². The Morgan fingerprint density at radius 3 is 2.34 bits per heavy atom. The first-order valence-electron chi connectivity index (χ1n) is 9.88. The molecule has 1 aromatic carbocycles. The van der Waals surface area contributed by atoms with Gasteiger partial charge in [-0.05, 0) is 42.9 Å². The first-order valence-corrected chi connectivity index (χ1v) is 9.88. The van der Waals surface area contributed by atoms with Crippen molar-refractivity contribution in [2.45, 2.75) is 51.5 Å². The van der Waals surface area contributed by atoms with E-state index in [1.165, 1.54) is 0 Å². The fourth-order valence-corrected chi connectivity index (χ4v) is 3.18. The van der Waals surface area contributed by atoms with Gasteiger partial charge in [-0.15, -0.1) is 0 Å². The molecule has 2 aromatic rings. The average molecular weight is 403 g/mol. The zero-order valence-corrected chi connectivity index (χ0v) is 17.7. The number of hydrogen-bond donors (Lipinski definition) is 1. The van der Waals surface area contributed by atoms with E-state index in [-0.39, 0.29) is 17.9 Å². The van der Waals surface area contributed by atoms with Crippen molar-refractivity contribution < 1.29 is 23.5 Å². The lowest BCUT2D eigenvalue weighted by Crippen LogP contribution is -2.32. The van der Waals surface area contributed by atoms with Gasteiger partial charge in [-0.1, -0.05) is 19.0 Å². The smallest absolute Gasteiger partial charge is 0.249 e. The molecule has 3 rings (SSSR count). The highest BCUT2D eigenvalue weighted by Gasteiger charge is 2.31. The van der Waals surface area contributed by atoms with Crippen LogP contribution in [0.4, 0.5) is 0 Å². The normalized spacial score (nSPS) is 14.6.